The van der Waals surface area contributed by atoms with Crippen molar-refractivity contribution in [1.82, 2.24) is 9.97 Å². The fraction of sp³-hybridized carbons (Fsp3) is 0.176. The largest absolute Gasteiger partial charge is 0.256 e. The molecule has 0 spiro atoms. The van der Waals surface area contributed by atoms with Gasteiger partial charge < -0.3 is 0 Å². The van der Waals surface area contributed by atoms with Crippen molar-refractivity contribution in [2.24, 2.45) is 0 Å². The van der Waals surface area contributed by atoms with Crippen molar-refractivity contribution in [2.45, 2.75) is 41.5 Å². The first-order chi connectivity index (χ1) is 17.3. The van der Waals surface area contributed by atoms with Gasteiger partial charge in [-0.05, 0) is 98.8 Å². The average Bonchev–Trinajstić information content (AvgIpc) is 2.86. The van der Waals surface area contributed by atoms with Crippen LogP contribution in [0.3, 0.4) is 0 Å². The minimum absolute atomic E-state index is 1.08. The molecule has 180 valence electrons. The third kappa shape index (κ3) is 5.78. The number of hydrogen-bond acceptors (Lipinski definition) is 2. The Balaban J connectivity index is 0.000000127. The molecule has 0 radical (unpaired) electrons. The third-order valence-electron chi connectivity index (χ3n) is 6.50. The zero-order valence-corrected chi connectivity index (χ0v) is 22.1. The van der Waals surface area contributed by atoms with E-state index in [-0.39, 0.29) is 0 Å². The van der Waals surface area contributed by atoms with Gasteiger partial charge in [0.1, 0.15) is 0 Å². The van der Waals surface area contributed by atoms with E-state index in [2.05, 4.69) is 123 Å². The number of benzene rings is 4. The van der Waals surface area contributed by atoms with Crippen LogP contribution in [0.25, 0.3) is 32.6 Å². The number of para-hydroxylation sites is 1. The Bertz CT molecular complexity index is 1530. The van der Waals surface area contributed by atoms with Crippen LogP contribution in [0.5, 0.6) is 0 Å². The Morgan fingerprint density at radius 2 is 1.19 bits per heavy atom. The number of aryl methyl sites for hydroxylation is 6. The molecule has 6 aromatic rings. The molecule has 0 aliphatic carbocycles. The van der Waals surface area contributed by atoms with Gasteiger partial charge in [-0.25, -0.2) is 0 Å². The summed E-state index contributed by atoms with van der Waals surface area (Å²) in [6.45, 7) is 12.6. The third-order valence-corrected chi connectivity index (χ3v) is 6.50. The number of pyridine rings is 2. The second-order valence-electron chi connectivity index (χ2n) is 9.50. The Labute approximate surface area is 214 Å². The highest BCUT2D eigenvalue weighted by Crippen LogP contribution is 2.21. The van der Waals surface area contributed by atoms with Crippen molar-refractivity contribution < 1.29 is 0 Å². The molecule has 0 amide bonds. The van der Waals surface area contributed by atoms with Gasteiger partial charge in [-0.2, -0.15) is 0 Å². The number of rotatable bonds is 0. The van der Waals surface area contributed by atoms with Gasteiger partial charge in [0.2, 0.25) is 0 Å². The van der Waals surface area contributed by atoms with Gasteiger partial charge in [0.25, 0.3) is 0 Å². The van der Waals surface area contributed by atoms with E-state index in [9.17, 15) is 0 Å². The van der Waals surface area contributed by atoms with Crippen molar-refractivity contribution in [1.29, 1.82) is 0 Å². The van der Waals surface area contributed by atoms with Gasteiger partial charge in [-0.3, -0.25) is 9.97 Å². The summed E-state index contributed by atoms with van der Waals surface area (Å²) in [5.74, 6) is 0. The second-order valence-corrected chi connectivity index (χ2v) is 9.50. The van der Waals surface area contributed by atoms with Gasteiger partial charge in [0, 0.05) is 22.7 Å². The summed E-state index contributed by atoms with van der Waals surface area (Å²) in [7, 11) is 0. The van der Waals surface area contributed by atoms with Gasteiger partial charge in [-0.1, -0.05) is 72.3 Å². The van der Waals surface area contributed by atoms with E-state index in [4.69, 9.17) is 0 Å². The summed E-state index contributed by atoms with van der Waals surface area (Å²) in [5.41, 5.74) is 9.84. The molecule has 2 heteroatoms. The summed E-state index contributed by atoms with van der Waals surface area (Å²) < 4.78 is 0. The highest BCUT2D eigenvalue weighted by Gasteiger charge is 1.99. The van der Waals surface area contributed by atoms with E-state index in [0.717, 1.165) is 16.7 Å². The molecule has 0 aliphatic heterocycles. The molecule has 2 heterocycles. The van der Waals surface area contributed by atoms with E-state index in [1.54, 1.807) is 0 Å². The SMILES string of the molecule is Cc1ccc2nc(C)ccc2c1.Cc1cccc2cccc(C)c12.Cc1ccnc2c(C)cccc12. The normalized spacial score (nSPS) is 10.5. The molecule has 0 saturated carbocycles. The fourth-order valence-electron chi connectivity index (χ4n) is 4.56. The summed E-state index contributed by atoms with van der Waals surface area (Å²) >= 11 is 0. The van der Waals surface area contributed by atoms with Crippen molar-refractivity contribution in [3.05, 3.63) is 131 Å². The molecule has 6 rings (SSSR count). The number of hydrogen-bond donors (Lipinski definition) is 0. The molecule has 2 nitrogen and oxygen atoms in total. The average molecular weight is 471 g/mol. The van der Waals surface area contributed by atoms with Crippen molar-refractivity contribution in [3.8, 4) is 0 Å². The first-order valence-electron chi connectivity index (χ1n) is 12.4. The van der Waals surface area contributed by atoms with E-state index in [1.807, 2.05) is 25.3 Å². The Morgan fingerprint density at radius 3 is 1.86 bits per heavy atom. The first-order valence-corrected chi connectivity index (χ1v) is 12.4. The van der Waals surface area contributed by atoms with Gasteiger partial charge in [0.05, 0.1) is 11.0 Å². The molecular formula is C34H34N2. The Morgan fingerprint density at radius 1 is 0.528 bits per heavy atom. The molecule has 0 bridgehead atoms. The van der Waals surface area contributed by atoms with Gasteiger partial charge in [-0.15, -0.1) is 0 Å². The summed E-state index contributed by atoms with van der Waals surface area (Å²) in [5, 5.41) is 5.23. The van der Waals surface area contributed by atoms with Crippen molar-refractivity contribution in [2.75, 3.05) is 0 Å². The number of nitrogens with zero attached hydrogens (tertiary/aromatic N) is 2. The van der Waals surface area contributed by atoms with Crippen molar-refractivity contribution in [3.63, 3.8) is 0 Å². The summed E-state index contributed by atoms with van der Waals surface area (Å²) in [4.78, 5) is 8.76. The molecular weight excluding hydrogens is 436 g/mol. The topological polar surface area (TPSA) is 25.8 Å². The highest BCUT2D eigenvalue weighted by atomic mass is 14.7. The molecule has 0 fully saturated rings. The fourth-order valence-corrected chi connectivity index (χ4v) is 4.56. The standard InChI is InChI=1S/C12H12.2C11H11N/c1-9-5-3-7-11-8-4-6-10(2)12(9)11;1-8-3-6-11-10(7-8)5-4-9(2)12-11;1-8-6-7-12-11-9(2)4-3-5-10(8)11/h3-8H,1-2H3;2*3-7H,1-2H3. The zero-order valence-electron chi connectivity index (χ0n) is 22.1. The minimum atomic E-state index is 1.08. The first kappa shape index (κ1) is 25.1. The van der Waals surface area contributed by atoms with Crippen LogP contribution in [-0.2, 0) is 0 Å². The maximum Gasteiger partial charge on any atom is 0.0733 e. The lowest BCUT2D eigenvalue weighted by atomic mass is 10.0. The smallest absolute Gasteiger partial charge is 0.0733 e. The highest BCUT2D eigenvalue weighted by molar-refractivity contribution is 5.88. The monoisotopic (exact) mass is 470 g/mol. The summed E-state index contributed by atoms with van der Waals surface area (Å²) in [6.07, 6.45) is 1.87. The minimum Gasteiger partial charge on any atom is -0.256 e. The van der Waals surface area contributed by atoms with Crippen LogP contribution in [0.1, 0.15) is 33.5 Å². The molecule has 0 saturated heterocycles. The van der Waals surface area contributed by atoms with E-state index in [1.165, 1.54) is 49.4 Å². The lowest BCUT2D eigenvalue weighted by Crippen LogP contribution is -1.84. The summed E-state index contributed by atoms with van der Waals surface area (Å²) in [6, 6.07) is 31.7. The molecule has 0 atom stereocenters. The molecule has 0 N–H and O–H groups in total. The molecule has 2 aromatic heterocycles. The van der Waals surface area contributed by atoms with E-state index >= 15 is 0 Å². The van der Waals surface area contributed by atoms with Crippen LogP contribution < -0.4 is 0 Å². The lowest BCUT2D eigenvalue weighted by Gasteiger charge is -2.04. The Kier molecular flexibility index (Phi) is 7.75. The van der Waals surface area contributed by atoms with Gasteiger partial charge >= 0.3 is 0 Å². The van der Waals surface area contributed by atoms with Crippen LogP contribution in [-0.4, -0.2) is 9.97 Å². The lowest BCUT2D eigenvalue weighted by molar-refractivity contribution is 1.25. The van der Waals surface area contributed by atoms with Crippen LogP contribution in [0.15, 0.2) is 97.2 Å². The zero-order chi connectivity index (χ0) is 25.7. The van der Waals surface area contributed by atoms with E-state index in [0.29, 0.717) is 0 Å². The molecule has 36 heavy (non-hydrogen) atoms. The maximum absolute atomic E-state index is 4.42. The van der Waals surface area contributed by atoms with Crippen LogP contribution in [0.4, 0.5) is 0 Å². The predicted octanol–water partition coefficient (Wildman–Crippen LogP) is 9.16. The number of fused-ring (bicyclic) bond motifs is 3. The van der Waals surface area contributed by atoms with Crippen LogP contribution in [0, 0.1) is 41.5 Å². The molecule has 0 unspecified atom stereocenters. The quantitative estimate of drug-likeness (QED) is 0.221. The molecule has 0 aliphatic rings. The van der Waals surface area contributed by atoms with Crippen molar-refractivity contribution >= 4 is 32.6 Å². The van der Waals surface area contributed by atoms with Gasteiger partial charge in [0.15, 0.2) is 0 Å². The Hall–Kier alpha value is -4.04. The maximum atomic E-state index is 4.42. The predicted molar refractivity (Wildman–Crippen MR) is 156 cm³/mol. The molecule has 4 aromatic carbocycles. The van der Waals surface area contributed by atoms with Crippen LogP contribution in [0.2, 0.25) is 0 Å². The number of aromatic nitrogens is 2. The van der Waals surface area contributed by atoms with Crippen LogP contribution >= 0.6 is 0 Å². The second kappa shape index (κ2) is 11.1. The van der Waals surface area contributed by atoms with E-state index < -0.39 is 0 Å².